The molecular weight excluding hydrogens is 348 g/mol. The summed E-state index contributed by atoms with van der Waals surface area (Å²) >= 11 is 0. The molecule has 0 fully saturated rings. The Hall–Kier alpha value is -3.75. The fourth-order valence-corrected chi connectivity index (χ4v) is 1.94. The van der Waals surface area contributed by atoms with E-state index in [0.717, 1.165) is 0 Å². The normalized spacial score (nSPS) is 10.6. The largest absolute Gasteiger partial charge is 0.507 e. The highest BCUT2D eigenvalue weighted by atomic mass is 16.4. The number of benzene rings is 2. The first-order valence-electron chi connectivity index (χ1n) is 7.45. The van der Waals surface area contributed by atoms with Crippen molar-refractivity contribution < 1.29 is 29.7 Å². The van der Waals surface area contributed by atoms with Crippen LogP contribution in [0.4, 0.5) is 11.4 Å². The highest BCUT2D eigenvalue weighted by Crippen LogP contribution is 2.25. The number of hydrogen-bond donors (Lipinski definition) is 4. The van der Waals surface area contributed by atoms with Crippen LogP contribution in [0.3, 0.4) is 0 Å². The molecule has 0 aliphatic heterocycles. The summed E-state index contributed by atoms with van der Waals surface area (Å²) in [6.07, 6.45) is -0.164. The molecule has 9 nitrogen and oxygen atoms in total. The van der Waals surface area contributed by atoms with Crippen molar-refractivity contribution in [2.24, 2.45) is 10.2 Å². The first-order chi connectivity index (χ1) is 12.4. The molecule has 1 amide bonds. The first-order valence-corrected chi connectivity index (χ1v) is 7.45. The maximum atomic E-state index is 11.8. The van der Waals surface area contributed by atoms with Crippen molar-refractivity contribution >= 4 is 29.2 Å². The van der Waals surface area contributed by atoms with Crippen LogP contribution in [0.25, 0.3) is 0 Å². The Bertz CT molecular complexity index is 861. The van der Waals surface area contributed by atoms with Crippen molar-refractivity contribution in [1.82, 2.24) is 5.32 Å². The third-order valence-electron chi connectivity index (χ3n) is 3.25. The number of amides is 1. The van der Waals surface area contributed by atoms with Crippen LogP contribution in [0.1, 0.15) is 27.1 Å². The van der Waals surface area contributed by atoms with Gasteiger partial charge in [-0.15, -0.1) is 0 Å². The summed E-state index contributed by atoms with van der Waals surface area (Å²) in [5.41, 5.74) is 0.731. The van der Waals surface area contributed by atoms with Gasteiger partial charge in [0.1, 0.15) is 11.3 Å². The summed E-state index contributed by atoms with van der Waals surface area (Å²) in [5, 5.41) is 37.2. The summed E-state index contributed by atoms with van der Waals surface area (Å²) < 4.78 is 0. The van der Waals surface area contributed by atoms with E-state index >= 15 is 0 Å². The van der Waals surface area contributed by atoms with Crippen molar-refractivity contribution in [3.05, 3.63) is 53.6 Å². The molecule has 0 aromatic heterocycles. The zero-order chi connectivity index (χ0) is 19.1. The van der Waals surface area contributed by atoms with Crippen molar-refractivity contribution in [2.45, 2.75) is 6.42 Å². The summed E-state index contributed by atoms with van der Waals surface area (Å²) in [4.78, 5) is 33.2. The molecule has 2 aromatic carbocycles. The quantitative estimate of drug-likeness (QED) is 0.556. The maximum Gasteiger partial charge on any atom is 0.339 e. The van der Waals surface area contributed by atoms with E-state index < -0.39 is 17.8 Å². The lowest BCUT2D eigenvalue weighted by molar-refractivity contribution is -0.136. The number of carboxylic acid groups (broad SMARTS) is 2. The molecule has 9 heteroatoms. The summed E-state index contributed by atoms with van der Waals surface area (Å²) in [5.74, 6) is -3.05. The average molecular weight is 363 g/mol. The van der Waals surface area contributed by atoms with Crippen molar-refractivity contribution in [1.29, 1.82) is 0 Å². The minimum atomic E-state index is -1.28. The van der Waals surface area contributed by atoms with Crippen LogP contribution in [0.2, 0.25) is 0 Å². The predicted molar refractivity (Wildman–Crippen MR) is 90.3 cm³/mol. The average Bonchev–Trinajstić information content (AvgIpc) is 2.60. The van der Waals surface area contributed by atoms with E-state index in [4.69, 9.17) is 10.2 Å². The van der Waals surface area contributed by atoms with Gasteiger partial charge in [-0.05, 0) is 42.5 Å². The maximum absolute atomic E-state index is 11.8. The number of carbonyl (C=O) groups excluding carboxylic acids is 1. The number of aromatic hydroxyl groups is 1. The molecule has 0 radical (unpaired) electrons. The molecule has 0 aliphatic rings. The third-order valence-corrected chi connectivity index (χ3v) is 3.25. The van der Waals surface area contributed by atoms with Crippen LogP contribution in [0.15, 0.2) is 52.7 Å². The minimum Gasteiger partial charge on any atom is -0.507 e. The molecule has 0 unspecified atom stereocenters. The molecule has 2 aromatic rings. The van der Waals surface area contributed by atoms with E-state index in [0.29, 0.717) is 11.3 Å². The molecule has 0 spiro atoms. The zero-order valence-corrected chi connectivity index (χ0v) is 13.4. The van der Waals surface area contributed by atoms with E-state index in [2.05, 4.69) is 15.5 Å². The van der Waals surface area contributed by atoms with Crippen LogP contribution in [-0.2, 0) is 4.79 Å². The standard InChI is InChI=1S/C17H15N3O6/c21-14-6-5-12(9-13(14)17(25)26)20-19-11-3-1-10(2-4-11)16(24)18-8-7-15(22)23/h1-6,9,21H,7-8H2,(H,18,24)(H,22,23)(H,25,26)/i5+1,6+1,9+1,12+1,13+1,14+1. The van der Waals surface area contributed by atoms with E-state index in [1.165, 1.54) is 42.5 Å². The van der Waals surface area contributed by atoms with Gasteiger partial charge in [0.2, 0.25) is 0 Å². The van der Waals surface area contributed by atoms with E-state index in [1.54, 1.807) is 0 Å². The number of aliphatic carboxylic acids is 1. The predicted octanol–water partition coefficient (Wildman–Crippen LogP) is 2.71. The second kappa shape index (κ2) is 8.38. The Labute approximate surface area is 147 Å². The second-order valence-electron chi connectivity index (χ2n) is 5.15. The van der Waals surface area contributed by atoms with Crippen LogP contribution in [0, 0.1) is 0 Å². The molecule has 0 saturated carbocycles. The van der Waals surface area contributed by atoms with Crippen molar-refractivity contribution in [2.75, 3.05) is 6.54 Å². The number of nitrogens with one attached hydrogen (secondary N) is 1. The number of phenols is 1. The Balaban J connectivity index is 2.04. The summed E-state index contributed by atoms with van der Waals surface area (Å²) in [6, 6.07) is 9.89. The van der Waals surface area contributed by atoms with Gasteiger partial charge in [0, 0.05) is 12.1 Å². The SMILES string of the molecule is O=C(O)CCNC(=O)c1ccc(N=N[13c]2[13cH][13cH][13c](O)[13c](C(=O)O)[13cH]2)cc1. The van der Waals surface area contributed by atoms with Gasteiger partial charge in [0.15, 0.2) is 0 Å². The molecule has 26 heavy (non-hydrogen) atoms. The molecule has 0 atom stereocenters. The molecule has 0 bridgehead atoms. The lowest BCUT2D eigenvalue weighted by Crippen LogP contribution is -2.25. The van der Waals surface area contributed by atoms with E-state index in [9.17, 15) is 19.5 Å². The van der Waals surface area contributed by atoms with E-state index in [1.807, 2.05) is 0 Å². The van der Waals surface area contributed by atoms with Crippen LogP contribution in [0.5, 0.6) is 5.75 Å². The van der Waals surface area contributed by atoms with Crippen LogP contribution < -0.4 is 5.32 Å². The number of aromatic carboxylic acids is 1. The Kier molecular flexibility index (Phi) is 5.99. The molecule has 134 valence electrons. The number of rotatable bonds is 7. The van der Waals surface area contributed by atoms with Crippen molar-refractivity contribution in [3.8, 4) is 5.75 Å². The zero-order valence-electron chi connectivity index (χ0n) is 13.4. The van der Waals surface area contributed by atoms with Crippen LogP contribution in [-0.4, -0.2) is 39.7 Å². The van der Waals surface area contributed by atoms with Gasteiger partial charge in [0.05, 0.1) is 17.8 Å². The van der Waals surface area contributed by atoms with Gasteiger partial charge < -0.3 is 20.6 Å². The fourth-order valence-electron chi connectivity index (χ4n) is 1.94. The molecule has 0 saturated heterocycles. The summed E-state index contributed by atoms with van der Waals surface area (Å²) in [6.45, 7) is 0.0301. The van der Waals surface area contributed by atoms with E-state index in [-0.39, 0.29) is 30.0 Å². The van der Waals surface area contributed by atoms with Crippen LogP contribution >= 0.6 is 0 Å². The number of azo groups is 1. The van der Waals surface area contributed by atoms with Gasteiger partial charge in [-0.1, -0.05) is 0 Å². The van der Waals surface area contributed by atoms with Crippen molar-refractivity contribution in [3.63, 3.8) is 0 Å². The smallest absolute Gasteiger partial charge is 0.339 e. The number of carbonyl (C=O) groups is 3. The monoisotopic (exact) mass is 363 g/mol. The highest BCUT2D eigenvalue weighted by molar-refractivity contribution is 5.94. The molecule has 2 rings (SSSR count). The number of hydrogen-bond acceptors (Lipinski definition) is 6. The lowest BCUT2D eigenvalue weighted by atomic mass is 10.2. The topological polar surface area (TPSA) is 149 Å². The molecule has 4 N–H and O–H groups in total. The first kappa shape index (κ1) is 18.6. The fraction of sp³-hybridized carbons (Fsp3) is 0.118. The van der Waals surface area contributed by atoms with Gasteiger partial charge in [0.25, 0.3) is 5.91 Å². The number of nitrogens with zero attached hydrogens (tertiary/aromatic N) is 2. The van der Waals surface area contributed by atoms with Gasteiger partial charge in [-0.3, -0.25) is 9.59 Å². The van der Waals surface area contributed by atoms with Gasteiger partial charge in [-0.2, -0.15) is 10.2 Å². The van der Waals surface area contributed by atoms with Gasteiger partial charge >= 0.3 is 11.9 Å². The van der Waals surface area contributed by atoms with Gasteiger partial charge in [-0.25, -0.2) is 4.79 Å². The third kappa shape index (κ3) is 5.13. The second-order valence-corrected chi connectivity index (χ2v) is 5.15. The molecular formula is C17H15N3O6. The number of carboxylic acids is 2. The molecule has 0 aliphatic carbocycles. The summed E-state index contributed by atoms with van der Waals surface area (Å²) in [7, 11) is 0. The Morgan fingerprint density at radius 1 is 0.923 bits per heavy atom. The lowest BCUT2D eigenvalue weighted by Gasteiger charge is -2.03. The molecule has 0 heterocycles. The minimum absolute atomic E-state index is 0.0301. The Morgan fingerprint density at radius 3 is 2.15 bits per heavy atom. The Morgan fingerprint density at radius 2 is 1.54 bits per heavy atom. The highest BCUT2D eigenvalue weighted by Gasteiger charge is 2.10.